The van der Waals surface area contributed by atoms with Gasteiger partial charge in [0.2, 0.25) is 10.0 Å². The predicted octanol–water partition coefficient (Wildman–Crippen LogP) is -0.891. The number of hydrogen-bond acceptors (Lipinski definition) is 5. The molecule has 1 aliphatic rings. The van der Waals surface area contributed by atoms with Crippen molar-refractivity contribution in [1.29, 1.82) is 0 Å². The zero-order chi connectivity index (χ0) is 13.9. The summed E-state index contributed by atoms with van der Waals surface area (Å²) in [6.45, 7) is 3.15. The van der Waals surface area contributed by atoms with Gasteiger partial charge in [-0.2, -0.15) is 9.40 Å². The zero-order valence-electron chi connectivity index (χ0n) is 11.1. The standard InChI is InChI=1S/C11H20N4O3S/c1-13-10-11(9-12-13)19(17,18)15-4-2-3-14(5-6-15)7-8-16/h9-10,16H,2-8H2,1H3. The third-order valence-electron chi connectivity index (χ3n) is 3.28. The Hall–Kier alpha value is -0.960. The Morgan fingerprint density at radius 3 is 2.74 bits per heavy atom. The van der Waals surface area contributed by atoms with Gasteiger partial charge in [-0.1, -0.05) is 0 Å². The average Bonchev–Trinajstić information content (AvgIpc) is 2.66. The van der Waals surface area contributed by atoms with Gasteiger partial charge >= 0.3 is 0 Å². The summed E-state index contributed by atoms with van der Waals surface area (Å²) in [6.07, 6.45) is 3.68. The maximum Gasteiger partial charge on any atom is 0.246 e. The molecular weight excluding hydrogens is 268 g/mol. The van der Waals surface area contributed by atoms with Gasteiger partial charge in [0.05, 0.1) is 12.8 Å². The number of sulfonamides is 1. The molecule has 0 aromatic carbocycles. The molecule has 0 spiro atoms. The monoisotopic (exact) mass is 288 g/mol. The van der Waals surface area contributed by atoms with Gasteiger partial charge in [-0.25, -0.2) is 8.42 Å². The van der Waals surface area contributed by atoms with Gasteiger partial charge in [0.25, 0.3) is 0 Å². The van der Waals surface area contributed by atoms with Crippen molar-refractivity contribution in [3.05, 3.63) is 12.4 Å². The molecule has 8 heteroatoms. The summed E-state index contributed by atoms with van der Waals surface area (Å²) >= 11 is 0. The van der Waals surface area contributed by atoms with E-state index in [0.29, 0.717) is 26.2 Å². The minimum Gasteiger partial charge on any atom is -0.395 e. The first kappa shape index (κ1) is 14.4. The summed E-state index contributed by atoms with van der Waals surface area (Å²) in [4.78, 5) is 2.32. The van der Waals surface area contributed by atoms with E-state index in [1.165, 1.54) is 21.4 Å². The molecule has 2 heterocycles. The third-order valence-corrected chi connectivity index (χ3v) is 5.13. The first-order valence-electron chi connectivity index (χ1n) is 6.36. The van der Waals surface area contributed by atoms with Gasteiger partial charge in [0.1, 0.15) is 4.90 Å². The zero-order valence-corrected chi connectivity index (χ0v) is 11.9. The SMILES string of the molecule is Cn1cc(S(=O)(=O)N2CCCN(CCO)CC2)cn1. The molecule has 0 atom stereocenters. The molecular formula is C11H20N4O3S. The van der Waals surface area contributed by atoms with Crippen LogP contribution in [0.4, 0.5) is 0 Å². The van der Waals surface area contributed by atoms with E-state index < -0.39 is 10.0 Å². The molecule has 1 aliphatic heterocycles. The van der Waals surface area contributed by atoms with Crippen molar-refractivity contribution in [2.45, 2.75) is 11.3 Å². The summed E-state index contributed by atoms with van der Waals surface area (Å²) < 4.78 is 27.8. The maximum atomic E-state index is 12.4. The summed E-state index contributed by atoms with van der Waals surface area (Å²) in [7, 11) is -1.74. The Morgan fingerprint density at radius 1 is 1.32 bits per heavy atom. The molecule has 108 valence electrons. The van der Waals surface area contributed by atoms with Crippen LogP contribution in [-0.4, -0.2) is 71.8 Å². The van der Waals surface area contributed by atoms with Crippen molar-refractivity contribution in [3.63, 3.8) is 0 Å². The van der Waals surface area contributed by atoms with Gasteiger partial charge < -0.3 is 5.11 Å². The molecule has 2 rings (SSSR count). The molecule has 0 saturated carbocycles. The number of rotatable bonds is 4. The lowest BCUT2D eigenvalue weighted by Crippen LogP contribution is -2.35. The molecule has 1 fully saturated rings. The van der Waals surface area contributed by atoms with Crippen LogP contribution >= 0.6 is 0 Å². The largest absolute Gasteiger partial charge is 0.395 e. The highest BCUT2D eigenvalue weighted by Crippen LogP contribution is 2.16. The number of aliphatic hydroxyl groups is 1. The topological polar surface area (TPSA) is 78.7 Å². The smallest absolute Gasteiger partial charge is 0.246 e. The van der Waals surface area contributed by atoms with Crippen molar-refractivity contribution >= 4 is 10.0 Å². The van der Waals surface area contributed by atoms with Crippen molar-refractivity contribution in [1.82, 2.24) is 19.0 Å². The highest BCUT2D eigenvalue weighted by atomic mass is 32.2. The lowest BCUT2D eigenvalue weighted by Gasteiger charge is -2.20. The average molecular weight is 288 g/mol. The fourth-order valence-electron chi connectivity index (χ4n) is 2.23. The van der Waals surface area contributed by atoms with Crippen molar-refractivity contribution in [3.8, 4) is 0 Å². The molecule has 1 aromatic heterocycles. The van der Waals surface area contributed by atoms with Crippen molar-refractivity contribution in [2.24, 2.45) is 7.05 Å². The van der Waals surface area contributed by atoms with Crippen LogP contribution in [0.1, 0.15) is 6.42 Å². The number of nitrogens with zero attached hydrogens (tertiary/aromatic N) is 4. The number of aromatic nitrogens is 2. The lowest BCUT2D eigenvalue weighted by molar-refractivity contribution is 0.202. The fourth-order valence-corrected chi connectivity index (χ4v) is 3.69. The molecule has 1 aromatic rings. The van der Waals surface area contributed by atoms with Crippen LogP contribution in [0.15, 0.2) is 17.3 Å². The molecule has 0 bridgehead atoms. The molecule has 1 N–H and O–H groups in total. The number of aryl methyl sites for hydroxylation is 1. The van der Waals surface area contributed by atoms with E-state index in [4.69, 9.17) is 5.11 Å². The molecule has 1 saturated heterocycles. The molecule has 19 heavy (non-hydrogen) atoms. The van der Waals surface area contributed by atoms with Crippen molar-refractivity contribution < 1.29 is 13.5 Å². The summed E-state index contributed by atoms with van der Waals surface area (Å²) in [5.74, 6) is 0. The van der Waals surface area contributed by atoms with Gasteiger partial charge in [-0.05, 0) is 13.0 Å². The number of hydrogen-bond donors (Lipinski definition) is 1. The second kappa shape index (κ2) is 6.00. The van der Waals surface area contributed by atoms with Gasteiger partial charge in [-0.15, -0.1) is 0 Å². The van der Waals surface area contributed by atoms with Gasteiger partial charge in [-0.3, -0.25) is 9.58 Å². The van der Waals surface area contributed by atoms with Crippen LogP contribution in [0.5, 0.6) is 0 Å². The second-order valence-corrected chi connectivity index (χ2v) is 6.61. The highest BCUT2D eigenvalue weighted by molar-refractivity contribution is 7.89. The first-order chi connectivity index (χ1) is 9.04. The number of β-amino-alcohol motifs (C(OH)–C–C–N with tert-alkyl or cyclic N) is 1. The van der Waals surface area contributed by atoms with E-state index in [2.05, 4.69) is 10.00 Å². The predicted molar refractivity (Wildman–Crippen MR) is 70.1 cm³/mol. The summed E-state index contributed by atoms with van der Waals surface area (Å²) in [5, 5.41) is 12.8. The van der Waals surface area contributed by atoms with E-state index in [9.17, 15) is 8.42 Å². The Labute approximate surface area is 113 Å². The molecule has 0 radical (unpaired) electrons. The summed E-state index contributed by atoms with van der Waals surface area (Å²) in [6, 6.07) is 0. The van der Waals surface area contributed by atoms with Crippen LogP contribution in [0.25, 0.3) is 0 Å². The third kappa shape index (κ3) is 3.33. The summed E-state index contributed by atoms with van der Waals surface area (Å²) in [5.41, 5.74) is 0. The van der Waals surface area contributed by atoms with Crippen LogP contribution < -0.4 is 0 Å². The first-order valence-corrected chi connectivity index (χ1v) is 7.80. The Morgan fingerprint density at radius 2 is 2.11 bits per heavy atom. The quantitative estimate of drug-likeness (QED) is 0.777. The van der Waals surface area contributed by atoms with Crippen LogP contribution in [0.3, 0.4) is 0 Å². The second-order valence-electron chi connectivity index (χ2n) is 4.67. The Bertz CT molecular complexity index is 514. The minimum atomic E-state index is -3.44. The Kier molecular flexibility index (Phi) is 4.56. The maximum absolute atomic E-state index is 12.4. The molecule has 0 amide bonds. The lowest BCUT2D eigenvalue weighted by atomic mass is 10.4. The molecule has 7 nitrogen and oxygen atoms in total. The van der Waals surface area contributed by atoms with Gasteiger partial charge in [0.15, 0.2) is 0 Å². The van der Waals surface area contributed by atoms with Crippen molar-refractivity contribution in [2.75, 3.05) is 39.3 Å². The highest BCUT2D eigenvalue weighted by Gasteiger charge is 2.27. The van der Waals surface area contributed by atoms with E-state index in [1.807, 2.05) is 0 Å². The molecule has 0 unspecified atom stereocenters. The van der Waals surface area contributed by atoms with Crippen LogP contribution in [-0.2, 0) is 17.1 Å². The van der Waals surface area contributed by atoms with E-state index >= 15 is 0 Å². The number of aliphatic hydroxyl groups excluding tert-OH is 1. The van der Waals surface area contributed by atoms with Crippen LogP contribution in [0, 0.1) is 0 Å². The fraction of sp³-hybridized carbons (Fsp3) is 0.727. The Balaban J connectivity index is 2.09. The minimum absolute atomic E-state index is 0.107. The van der Waals surface area contributed by atoms with Crippen LogP contribution in [0.2, 0.25) is 0 Å². The van der Waals surface area contributed by atoms with E-state index in [0.717, 1.165) is 13.0 Å². The molecule has 0 aliphatic carbocycles. The van der Waals surface area contributed by atoms with Gasteiger partial charge in [0, 0.05) is 39.4 Å². The van der Waals surface area contributed by atoms with E-state index in [1.54, 1.807) is 7.05 Å². The normalized spacial score (nSPS) is 19.5. The van der Waals surface area contributed by atoms with E-state index in [-0.39, 0.29) is 11.5 Å².